The Hall–Kier alpha value is -1.95. The number of hydrogen-bond acceptors (Lipinski definition) is 4. The van der Waals surface area contributed by atoms with E-state index >= 15 is 0 Å². The van der Waals surface area contributed by atoms with Gasteiger partial charge >= 0.3 is 5.97 Å². The largest absolute Gasteiger partial charge is 0.478 e. The van der Waals surface area contributed by atoms with Gasteiger partial charge in [0, 0.05) is 12.1 Å². The number of carboxylic acid groups (broad SMARTS) is 1. The van der Waals surface area contributed by atoms with E-state index in [2.05, 4.69) is 0 Å². The molecule has 1 aromatic carbocycles. The van der Waals surface area contributed by atoms with Crippen molar-refractivity contribution in [1.29, 1.82) is 0 Å². The predicted molar refractivity (Wildman–Crippen MR) is 46.0 cm³/mol. The van der Waals surface area contributed by atoms with Gasteiger partial charge in [-0.1, -0.05) is 0 Å². The summed E-state index contributed by atoms with van der Waals surface area (Å²) in [5.41, 5.74) is -0.330. The Morgan fingerprint density at radius 3 is 2.57 bits per heavy atom. The summed E-state index contributed by atoms with van der Waals surface area (Å²) >= 11 is 0. The van der Waals surface area contributed by atoms with Crippen molar-refractivity contribution in [3.8, 4) is 0 Å². The van der Waals surface area contributed by atoms with Crippen molar-refractivity contribution >= 4 is 11.7 Å². The first-order valence-electron chi connectivity index (χ1n) is 3.67. The number of hydrogen-bond donors (Lipinski definition) is 2. The molecule has 0 unspecified atom stereocenters. The lowest BCUT2D eigenvalue weighted by Gasteiger charge is -2.01. The number of carboxylic acids is 1. The molecule has 0 aliphatic rings. The van der Waals surface area contributed by atoms with Crippen LogP contribution in [0.4, 0.5) is 5.69 Å². The number of nitro groups is 1. The van der Waals surface area contributed by atoms with E-state index in [9.17, 15) is 14.9 Å². The molecule has 0 aromatic heterocycles. The van der Waals surface area contributed by atoms with Crippen LogP contribution in [0.1, 0.15) is 15.9 Å². The number of carbonyl (C=O) groups is 1. The van der Waals surface area contributed by atoms with E-state index in [0.717, 1.165) is 18.2 Å². The molecule has 0 saturated heterocycles. The van der Waals surface area contributed by atoms with E-state index in [1.54, 1.807) is 0 Å². The highest BCUT2D eigenvalue weighted by Gasteiger charge is 2.14. The second-order valence-corrected chi connectivity index (χ2v) is 2.56. The standard InChI is InChI=1S/C8H7NO5/c10-4-5-3-6(9(13)14)1-2-7(5)8(11)12/h1-3,10H,4H2,(H,11,12). The van der Waals surface area contributed by atoms with Crippen molar-refractivity contribution in [2.75, 3.05) is 0 Å². The van der Waals surface area contributed by atoms with E-state index < -0.39 is 17.5 Å². The number of rotatable bonds is 3. The fraction of sp³-hybridized carbons (Fsp3) is 0.125. The highest BCUT2D eigenvalue weighted by atomic mass is 16.6. The number of benzene rings is 1. The van der Waals surface area contributed by atoms with Crippen molar-refractivity contribution in [2.45, 2.75) is 6.61 Å². The van der Waals surface area contributed by atoms with Crippen LogP contribution >= 0.6 is 0 Å². The van der Waals surface area contributed by atoms with Gasteiger partial charge in [0.2, 0.25) is 0 Å². The van der Waals surface area contributed by atoms with Gasteiger partial charge in [-0.15, -0.1) is 0 Å². The molecule has 1 rings (SSSR count). The first-order valence-corrected chi connectivity index (χ1v) is 3.67. The average molecular weight is 197 g/mol. The summed E-state index contributed by atoms with van der Waals surface area (Å²) in [4.78, 5) is 20.3. The number of non-ortho nitro benzene ring substituents is 1. The third-order valence-electron chi connectivity index (χ3n) is 1.70. The SMILES string of the molecule is O=C(O)c1ccc([N+](=O)[O-])cc1CO. The summed E-state index contributed by atoms with van der Waals surface area (Å²) in [7, 11) is 0. The summed E-state index contributed by atoms with van der Waals surface area (Å²) in [5.74, 6) is -1.22. The lowest BCUT2D eigenvalue weighted by atomic mass is 10.1. The smallest absolute Gasteiger partial charge is 0.336 e. The molecule has 0 amide bonds. The molecular weight excluding hydrogens is 190 g/mol. The number of aromatic carboxylic acids is 1. The molecule has 0 radical (unpaired) electrons. The number of aliphatic hydroxyl groups is 1. The Morgan fingerprint density at radius 2 is 2.14 bits per heavy atom. The molecule has 0 bridgehead atoms. The fourth-order valence-corrected chi connectivity index (χ4v) is 1.03. The van der Waals surface area contributed by atoms with Crippen LogP contribution in [0.2, 0.25) is 0 Å². The Balaban J connectivity index is 3.25. The van der Waals surface area contributed by atoms with Crippen molar-refractivity contribution < 1.29 is 19.9 Å². The molecule has 6 heteroatoms. The lowest BCUT2D eigenvalue weighted by Crippen LogP contribution is -2.03. The molecule has 0 aliphatic heterocycles. The topological polar surface area (TPSA) is 101 Å². The summed E-state index contributed by atoms with van der Waals surface area (Å²) in [6, 6.07) is 3.23. The maximum Gasteiger partial charge on any atom is 0.336 e. The molecule has 2 N–H and O–H groups in total. The molecule has 6 nitrogen and oxygen atoms in total. The third-order valence-corrected chi connectivity index (χ3v) is 1.70. The van der Waals surface area contributed by atoms with Gasteiger partial charge in [0.15, 0.2) is 0 Å². The van der Waals surface area contributed by atoms with Crippen LogP contribution in [0.3, 0.4) is 0 Å². The second kappa shape index (κ2) is 3.84. The average Bonchev–Trinajstić information content (AvgIpc) is 2.16. The van der Waals surface area contributed by atoms with Gasteiger partial charge in [-0.05, 0) is 11.6 Å². The molecule has 0 aliphatic carbocycles. The van der Waals surface area contributed by atoms with Gasteiger partial charge in [-0.3, -0.25) is 10.1 Å². The molecular formula is C8H7NO5. The monoisotopic (exact) mass is 197 g/mol. The van der Waals surface area contributed by atoms with E-state index in [1.165, 1.54) is 0 Å². The summed E-state index contributed by atoms with van der Waals surface area (Å²) in [5, 5.41) is 27.8. The minimum atomic E-state index is -1.22. The Morgan fingerprint density at radius 1 is 1.50 bits per heavy atom. The van der Waals surface area contributed by atoms with Crippen LogP contribution in [-0.2, 0) is 6.61 Å². The van der Waals surface area contributed by atoms with Crippen LogP contribution in [0, 0.1) is 10.1 Å². The van der Waals surface area contributed by atoms with Gasteiger partial charge in [0.25, 0.3) is 5.69 Å². The van der Waals surface area contributed by atoms with Gasteiger partial charge < -0.3 is 10.2 Å². The van der Waals surface area contributed by atoms with E-state index in [1.807, 2.05) is 0 Å². The van der Waals surface area contributed by atoms with Crippen molar-refractivity contribution in [3.05, 3.63) is 39.4 Å². The Labute approximate surface area is 78.6 Å². The van der Waals surface area contributed by atoms with Crippen LogP contribution < -0.4 is 0 Å². The molecule has 14 heavy (non-hydrogen) atoms. The van der Waals surface area contributed by atoms with Crippen molar-refractivity contribution in [2.24, 2.45) is 0 Å². The van der Waals surface area contributed by atoms with E-state index in [0.29, 0.717) is 0 Å². The minimum Gasteiger partial charge on any atom is -0.478 e. The first kappa shape index (κ1) is 10.1. The maximum absolute atomic E-state index is 10.6. The number of nitrogens with zero attached hydrogens (tertiary/aromatic N) is 1. The van der Waals surface area contributed by atoms with Crippen LogP contribution in [0.25, 0.3) is 0 Å². The Kier molecular flexibility index (Phi) is 2.78. The lowest BCUT2D eigenvalue weighted by molar-refractivity contribution is -0.384. The van der Waals surface area contributed by atoms with Crippen molar-refractivity contribution in [1.82, 2.24) is 0 Å². The number of aliphatic hydroxyl groups excluding tert-OH is 1. The van der Waals surface area contributed by atoms with E-state index in [4.69, 9.17) is 10.2 Å². The molecule has 74 valence electrons. The van der Waals surface area contributed by atoms with Gasteiger partial charge in [-0.25, -0.2) is 4.79 Å². The molecule has 1 aromatic rings. The number of nitro benzene ring substituents is 1. The van der Waals surface area contributed by atoms with Crippen LogP contribution in [0.15, 0.2) is 18.2 Å². The quantitative estimate of drug-likeness (QED) is 0.550. The van der Waals surface area contributed by atoms with E-state index in [-0.39, 0.29) is 16.8 Å². The highest BCUT2D eigenvalue weighted by molar-refractivity contribution is 5.89. The minimum absolute atomic E-state index is 0.0340. The second-order valence-electron chi connectivity index (χ2n) is 2.56. The normalized spacial score (nSPS) is 9.79. The Bertz CT molecular complexity index is 387. The third kappa shape index (κ3) is 1.86. The predicted octanol–water partition coefficient (Wildman–Crippen LogP) is 0.785. The first-order chi connectivity index (χ1) is 6.56. The zero-order valence-electron chi connectivity index (χ0n) is 7.01. The maximum atomic E-state index is 10.6. The highest BCUT2D eigenvalue weighted by Crippen LogP contribution is 2.17. The zero-order valence-corrected chi connectivity index (χ0v) is 7.01. The van der Waals surface area contributed by atoms with Crippen LogP contribution in [0.5, 0.6) is 0 Å². The molecule has 0 fully saturated rings. The molecule has 0 saturated carbocycles. The molecule has 0 spiro atoms. The summed E-state index contributed by atoms with van der Waals surface area (Å²) < 4.78 is 0. The summed E-state index contributed by atoms with van der Waals surface area (Å²) in [6.07, 6.45) is 0. The zero-order chi connectivity index (χ0) is 10.7. The van der Waals surface area contributed by atoms with Gasteiger partial charge in [0.1, 0.15) is 0 Å². The van der Waals surface area contributed by atoms with Crippen LogP contribution in [-0.4, -0.2) is 21.1 Å². The molecule has 0 heterocycles. The summed E-state index contributed by atoms with van der Waals surface area (Å²) in [6.45, 7) is -0.538. The van der Waals surface area contributed by atoms with Crippen molar-refractivity contribution in [3.63, 3.8) is 0 Å². The van der Waals surface area contributed by atoms with Gasteiger partial charge in [-0.2, -0.15) is 0 Å². The van der Waals surface area contributed by atoms with Gasteiger partial charge in [0.05, 0.1) is 17.1 Å². The molecule has 0 atom stereocenters. The fourth-order valence-electron chi connectivity index (χ4n) is 1.03.